The van der Waals surface area contributed by atoms with E-state index in [0.717, 1.165) is 58.0 Å². The molecule has 0 aromatic heterocycles. The number of likely N-dealkylation sites (tertiary alicyclic amines) is 1. The lowest BCUT2D eigenvalue weighted by Gasteiger charge is -2.30. The molecule has 0 unspecified atom stereocenters. The van der Waals surface area contributed by atoms with Crippen LogP contribution in [0.25, 0.3) is 0 Å². The number of benzene rings is 1. The zero-order valence-corrected chi connectivity index (χ0v) is 14.0. The Morgan fingerprint density at radius 3 is 2.61 bits per heavy atom. The average Bonchev–Trinajstić information content (AvgIpc) is 2.93. The Labute approximate surface area is 141 Å². The van der Waals surface area contributed by atoms with E-state index < -0.39 is 0 Å². The molecule has 0 radical (unpaired) electrons. The zero-order chi connectivity index (χ0) is 16.2. The number of morpholine rings is 1. The second kappa shape index (κ2) is 7.90. The second-order valence-electron chi connectivity index (χ2n) is 6.56. The summed E-state index contributed by atoms with van der Waals surface area (Å²) in [4.78, 5) is 4.75. The smallest absolute Gasteiger partial charge is 0.141 e. The molecule has 2 saturated heterocycles. The largest absolute Gasteiger partial charge is 0.396 e. The molecule has 0 spiro atoms. The lowest BCUT2D eigenvalue weighted by atomic mass is 9.96. The molecule has 0 amide bonds. The van der Waals surface area contributed by atoms with E-state index in [1.165, 1.54) is 6.07 Å². The van der Waals surface area contributed by atoms with Gasteiger partial charge in [-0.3, -0.25) is 9.80 Å². The molecule has 3 rings (SSSR count). The number of hydrogen-bond acceptors (Lipinski definition) is 4. The minimum Gasteiger partial charge on any atom is -0.396 e. The van der Waals surface area contributed by atoms with E-state index in [1.54, 1.807) is 12.1 Å². The summed E-state index contributed by atoms with van der Waals surface area (Å²) in [6.45, 7) is 7.35. The van der Waals surface area contributed by atoms with Crippen LogP contribution in [0.1, 0.15) is 5.56 Å². The van der Waals surface area contributed by atoms with E-state index in [4.69, 9.17) is 16.3 Å². The third-order valence-corrected chi connectivity index (χ3v) is 5.16. The Bertz CT molecular complexity index is 525. The summed E-state index contributed by atoms with van der Waals surface area (Å²) in [5.41, 5.74) is 1.01. The molecule has 1 N–H and O–H groups in total. The van der Waals surface area contributed by atoms with Crippen molar-refractivity contribution in [2.45, 2.75) is 6.54 Å². The number of hydrogen-bond donors (Lipinski definition) is 1. The van der Waals surface area contributed by atoms with Crippen LogP contribution in [-0.2, 0) is 11.3 Å². The average molecular weight is 343 g/mol. The summed E-state index contributed by atoms with van der Waals surface area (Å²) in [5.74, 6) is 0.387. The van der Waals surface area contributed by atoms with Gasteiger partial charge in [0.05, 0.1) is 18.2 Å². The van der Waals surface area contributed by atoms with E-state index in [0.29, 0.717) is 11.8 Å². The molecule has 1 aromatic rings. The van der Waals surface area contributed by atoms with Crippen molar-refractivity contribution in [3.05, 3.63) is 34.6 Å². The lowest BCUT2D eigenvalue weighted by molar-refractivity contribution is 0.0264. The van der Waals surface area contributed by atoms with Crippen LogP contribution in [0.5, 0.6) is 0 Å². The maximum Gasteiger partial charge on any atom is 0.141 e. The van der Waals surface area contributed by atoms with Gasteiger partial charge in [0.2, 0.25) is 0 Å². The fourth-order valence-electron chi connectivity index (χ4n) is 3.59. The Kier molecular flexibility index (Phi) is 5.88. The van der Waals surface area contributed by atoms with Gasteiger partial charge >= 0.3 is 0 Å². The molecule has 23 heavy (non-hydrogen) atoms. The highest BCUT2D eigenvalue weighted by atomic mass is 35.5. The molecule has 2 fully saturated rings. The number of nitrogens with zero attached hydrogens (tertiary/aromatic N) is 2. The van der Waals surface area contributed by atoms with Gasteiger partial charge in [0.25, 0.3) is 0 Å². The van der Waals surface area contributed by atoms with Gasteiger partial charge in [-0.15, -0.1) is 0 Å². The molecule has 128 valence electrons. The molecule has 1 aromatic carbocycles. The van der Waals surface area contributed by atoms with Crippen molar-refractivity contribution in [3.8, 4) is 0 Å². The normalized spacial score (nSPS) is 26.7. The number of aliphatic hydroxyl groups is 1. The van der Waals surface area contributed by atoms with Crippen LogP contribution in [0.2, 0.25) is 5.02 Å². The molecule has 0 aliphatic carbocycles. The number of halogens is 2. The molecular weight excluding hydrogens is 319 g/mol. The number of ether oxygens (including phenoxy) is 1. The zero-order valence-electron chi connectivity index (χ0n) is 13.3. The summed E-state index contributed by atoms with van der Waals surface area (Å²) in [6, 6.07) is 4.90. The van der Waals surface area contributed by atoms with E-state index >= 15 is 0 Å². The van der Waals surface area contributed by atoms with Crippen LogP contribution in [0, 0.1) is 17.7 Å². The summed E-state index contributed by atoms with van der Waals surface area (Å²) in [6.07, 6.45) is 0. The summed E-state index contributed by atoms with van der Waals surface area (Å²) >= 11 is 5.86. The maximum absolute atomic E-state index is 13.3. The van der Waals surface area contributed by atoms with Crippen molar-refractivity contribution in [2.75, 3.05) is 52.5 Å². The van der Waals surface area contributed by atoms with Crippen LogP contribution in [-0.4, -0.2) is 67.5 Å². The molecular formula is C17H24ClFN2O2. The molecule has 2 heterocycles. The maximum atomic E-state index is 13.3. The molecule has 4 nitrogen and oxygen atoms in total. The highest BCUT2D eigenvalue weighted by molar-refractivity contribution is 6.30. The van der Waals surface area contributed by atoms with Crippen molar-refractivity contribution in [3.63, 3.8) is 0 Å². The van der Waals surface area contributed by atoms with Crippen molar-refractivity contribution < 1.29 is 14.2 Å². The molecule has 2 aliphatic rings. The Morgan fingerprint density at radius 1 is 1.17 bits per heavy atom. The first-order valence-corrected chi connectivity index (χ1v) is 8.60. The SMILES string of the molecule is OC[C@H]1CN(Cc2ccc(F)c(Cl)c2)C[C@H]1CN1CCOCC1. The lowest BCUT2D eigenvalue weighted by Crippen LogP contribution is -2.41. The Hall–Kier alpha value is -0.720. The fraction of sp³-hybridized carbons (Fsp3) is 0.647. The summed E-state index contributed by atoms with van der Waals surface area (Å²) < 4.78 is 18.7. The first kappa shape index (κ1) is 17.1. The van der Waals surface area contributed by atoms with E-state index in [2.05, 4.69) is 9.80 Å². The molecule has 2 atom stereocenters. The predicted molar refractivity (Wildman–Crippen MR) is 88.0 cm³/mol. The topological polar surface area (TPSA) is 35.9 Å². The molecule has 0 bridgehead atoms. The van der Waals surface area contributed by atoms with Gasteiger partial charge in [0.1, 0.15) is 5.82 Å². The summed E-state index contributed by atoms with van der Waals surface area (Å²) in [5, 5.41) is 9.86. The highest BCUT2D eigenvalue weighted by Crippen LogP contribution is 2.26. The van der Waals surface area contributed by atoms with Crippen LogP contribution in [0.3, 0.4) is 0 Å². The summed E-state index contributed by atoms with van der Waals surface area (Å²) in [7, 11) is 0. The van der Waals surface area contributed by atoms with Gasteiger partial charge in [0, 0.05) is 45.9 Å². The second-order valence-corrected chi connectivity index (χ2v) is 6.97. The van der Waals surface area contributed by atoms with Gasteiger partial charge in [-0.1, -0.05) is 17.7 Å². The van der Waals surface area contributed by atoms with Crippen molar-refractivity contribution >= 4 is 11.6 Å². The monoisotopic (exact) mass is 342 g/mol. The van der Waals surface area contributed by atoms with Crippen molar-refractivity contribution in [1.82, 2.24) is 9.80 Å². The first-order valence-electron chi connectivity index (χ1n) is 8.23. The minimum atomic E-state index is -0.379. The number of rotatable bonds is 5. The standard InChI is InChI=1S/C17H24ClFN2O2/c18-16-7-13(1-2-17(16)19)8-21-10-14(15(11-21)12-22)9-20-3-5-23-6-4-20/h1-2,7,14-15,22H,3-6,8-12H2/t14-,15-/m1/s1. The van der Waals surface area contributed by atoms with E-state index in [1.807, 2.05) is 0 Å². The van der Waals surface area contributed by atoms with Crippen LogP contribution in [0.4, 0.5) is 4.39 Å². The van der Waals surface area contributed by atoms with Gasteiger partial charge in [0.15, 0.2) is 0 Å². The predicted octanol–water partition coefficient (Wildman–Crippen LogP) is 1.85. The van der Waals surface area contributed by atoms with Crippen molar-refractivity contribution in [2.24, 2.45) is 11.8 Å². The third-order valence-electron chi connectivity index (χ3n) is 4.87. The first-order chi connectivity index (χ1) is 11.2. The number of aliphatic hydroxyl groups excluding tert-OH is 1. The van der Waals surface area contributed by atoms with Gasteiger partial charge < -0.3 is 9.84 Å². The van der Waals surface area contributed by atoms with Gasteiger partial charge in [-0.05, 0) is 29.5 Å². The van der Waals surface area contributed by atoms with Gasteiger partial charge in [-0.2, -0.15) is 0 Å². The Balaban J connectivity index is 1.58. The van der Waals surface area contributed by atoms with Crippen molar-refractivity contribution in [1.29, 1.82) is 0 Å². The molecule has 0 saturated carbocycles. The van der Waals surface area contributed by atoms with Crippen LogP contribution < -0.4 is 0 Å². The molecule has 6 heteroatoms. The van der Waals surface area contributed by atoms with Crippen LogP contribution >= 0.6 is 11.6 Å². The van der Waals surface area contributed by atoms with Gasteiger partial charge in [-0.25, -0.2) is 4.39 Å². The van der Waals surface area contributed by atoms with E-state index in [9.17, 15) is 9.50 Å². The highest BCUT2D eigenvalue weighted by Gasteiger charge is 2.33. The quantitative estimate of drug-likeness (QED) is 0.886. The Morgan fingerprint density at radius 2 is 1.91 bits per heavy atom. The van der Waals surface area contributed by atoms with E-state index in [-0.39, 0.29) is 17.4 Å². The molecule has 2 aliphatic heterocycles. The fourth-order valence-corrected chi connectivity index (χ4v) is 3.79. The third kappa shape index (κ3) is 4.43. The minimum absolute atomic E-state index is 0.172. The van der Waals surface area contributed by atoms with Crippen LogP contribution in [0.15, 0.2) is 18.2 Å².